The average molecular weight is 371 g/mol. The van der Waals surface area contributed by atoms with Crippen molar-refractivity contribution in [3.63, 3.8) is 0 Å². The lowest BCUT2D eigenvalue weighted by atomic mass is 9.86. The lowest BCUT2D eigenvalue weighted by Gasteiger charge is -2.26. The Morgan fingerprint density at radius 2 is 2.04 bits per heavy atom. The number of methoxy groups -OCH3 is 1. The Labute approximate surface area is 163 Å². The number of ether oxygens (including phenoxy) is 1. The van der Waals surface area contributed by atoms with E-state index in [9.17, 15) is 0 Å². The molecule has 3 fully saturated rings. The third-order valence-corrected chi connectivity index (χ3v) is 6.87. The molecular weight excluding hydrogens is 336 g/mol. The summed E-state index contributed by atoms with van der Waals surface area (Å²) in [5.41, 5.74) is 1.81. The lowest BCUT2D eigenvalue weighted by molar-refractivity contribution is 0.309. The van der Waals surface area contributed by atoms with Gasteiger partial charge in [-0.3, -0.25) is 4.99 Å². The monoisotopic (exact) mass is 370 g/mol. The van der Waals surface area contributed by atoms with Gasteiger partial charge in [0.15, 0.2) is 5.96 Å². The quantitative estimate of drug-likeness (QED) is 0.652. The molecule has 1 aromatic rings. The predicted molar refractivity (Wildman–Crippen MR) is 112 cm³/mol. The van der Waals surface area contributed by atoms with E-state index in [1.807, 2.05) is 13.1 Å². The largest absolute Gasteiger partial charge is 0.495 e. The fourth-order valence-corrected chi connectivity index (χ4v) is 5.33. The van der Waals surface area contributed by atoms with E-state index in [0.717, 1.165) is 37.9 Å². The van der Waals surface area contributed by atoms with Gasteiger partial charge in [0.2, 0.25) is 0 Å². The number of nitrogens with one attached hydrogen (secondary N) is 1. The molecule has 2 aliphatic heterocycles. The maximum Gasteiger partial charge on any atom is 0.193 e. The van der Waals surface area contributed by atoms with Crippen LogP contribution in [0.5, 0.6) is 5.75 Å². The number of aliphatic imine (C=N–C) groups is 1. The van der Waals surface area contributed by atoms with Gasteiger partial charge in [-0.05, 0) is 49.1 Å². The van der Waals surface area contributed by atoms with E-state index in [4.69, 9.17) is 4.74 Å². The van der Waals surface area contributed by atoms with E-state index in [1.54, 1.807) is 7.11 Å². The number of nitrogens with zero attached hydrogens (tertiary/aromatic N) is 3. The van der Waals surface area contributed by atoms with Crippen molar-refractivity contribution >= 4 is 11.6 Å². The van der Waals surface area contributed by atoms with Crippen LogP contribution >= 0.6 is 0 Å². The van der Waals surface area contributed by atoms with Gasteiger partial charge in [0.25, 0.3) is 0 Å². The standard InChI is InChI=1S/C22H34N4O/c1-23-21(26-14-12-22(17-26)10-5-6-11-22)24-15-18-9-13-25(16-18)19-7-3-4-8-20(19)27-2/h3-4,7-8,18H,5-6,9-17H2,1-2H3,(H,23,24). The molecule has 1 saturated carbocycles. The second-order valence-corrected chi connectivity index (χ2v) is 8.58. The highest BCUT2D eigenvalue weighted by Gasteiger charge is 2.41. The summed E-state index contributed by atoms with van der Waals surface area (Å²) in [6.45, 7) is 5.54. The van der Waals surface area contributed by atoms with Crippen molar-refractivity contribution in [1.29, 1.82) is 0 Å². The minimum Gasteiger partial charge on any atom is -0.495 e. The second-order valence-electron chi connectivity index (χ2n) is 8.58. The van der Waals surface area contributed by atoms with Gasteiger partial charge in [-0.15, -0.1) is 0 Å². The van der Waals surface area contributed by atoms with Crippen LogP contribution in [0.3, 0.4) is 0 Å². The topological polar surface area (TPSA) is 40.1 Å². The molecule has 1 N–H and O–H groups in total. The van der Waals surface area contributed by atoms with Gasteiger partial charge in [-0.1, -0.05) is 25.0 Å². The summed E-state index contributed by atoms with van der Waals surface area (Å²) < 4.78 is 5.54. The number of anilines is 1. The predicted octanol–water partition coefficient (Wildman–Crippen LogP) is 3.36. The van der Waals surface area contributed by atoms with Crippen LogP contribution in [0.15, 0.2) is 29.3 Å². The van der Waals surface area contributed by atoms with Crippen LogP contribution in [-0.4, -0.2) is 57.7 Å². The van der Waals surface area contributed by atoms with Crippen LogP contribution in [0.2, 0.25) is 0 Å². The fraction of sp³-hybridized carbons (Fsp3) is 0.682. The zero-order valence-corrected chi connectivity index (χ0v) is 16.9. The van der Waals surface area contributed by atoms with E-state index in [-0.39, 0.29) is 0 Å². The first kappa shape index (κ1) is 18.5. The van der Waals surface area contributed by atoms with Crippen LogP contribution in [0.4, 0.5) is 5.69 Å². The maximum absolute atomic E-state index is 5.54. The minimum atomic E-state index is 0.589. The molecule has 148 valence electrons. The fourth-order valence-electron chi connectivity index (χ4n) is 5.33. The Balaban J connectivity index is 1.30. The lowest BCUT2D eigenvalue weighted by Crippen LogP contribution is -2.43. The van der Waals surface area contributed by atoms with Crippen molar-refractivity contribution in [2.24, 2.45) is 16.3 Å². The number of para-hydroxylation sites is 2. The van der Waals surface area contributed by atoms with Crippen molar-refractivity contribution in [2.75, 3.05) is 51.8 Å². The van der Waals surface area contributed by atoms with Crippen molar-refractivity contribution in [1.82, 2.24) is 10.2 Å². The van der Waals surface area contributed by atoms with Gasteiger partial charge in [0.05, 0.1) is 12.8 Å². The molecule has 5 heteroatoms. The Hall–Kier alpha value is -1.91. The first-order valence-corrected chi connectivity index (χ1v) is 10.6. The molecule has 1 spiro atoms. The molecule has 1 unspecified atom stereocenters. The first-order valence-electron chi connectivity index (χ1n) is 10.6. The third kappa shape index (κ3) is 3.87. The van der Waals surface area contributed by atoms with Crippen molar-refractivity contribution < 1.29 is 4.74 Å². The van der Waals surface area contributed by atoms with Gasteiger partial charge < -0.3 is 19.9 Å². The number of hydrogen-bond donors (Lipinski definition) is 1. The second kappa shape index (κ2) is 7.99. The third-order valence-electron chi connectivity index (χ3n) is 6.87. The Morgan fingerprint density at radius 3 is 2.81 bits per heavy atom. The normalized spacial score (nSPS) is 24.8. The minimum absolute atomic E-state index is 0.589. The summed E-state index contributed by atoms with van der Waals surface area (Å²) in [6, 6.07) is 8.35. The average Bonchev–Trinajstić information content (AvgIpc) is 3.45. The summed E-state index contributed by atoms with van der Waals surface area (Å²) in [7, 11) is 3.68. The molecule has 0 amide bonds. The van der Waals surface area contributed by atoms with Crippen LogP contribution in [0.1, 0.15) is 38.5 Å². The van der Waals surface area contributed by atoms with Crippen LogP contribution < -0.4 is 15.0 Å². The highest BCUT2D eigenvalue weighted by molar-refractivity contribution is 5.80. The molecule has 0 aromatic heterocycles. The van der Waals surface area contributed by atoms with E-state index < -0.39 is 0 Å². The molecule has 2 saturated heterocycles. The molecule has 2 heterocycles. The van der Waals surface area contributed by atoms with Crippen LogP contribution in [0, 0.1) is 11.3 Å². The number of rotatable bonds is 4. The van der Waals surface area contributed by atoms with Gasteiger partial charge in [0, 0.05) is 39.8 Å². The van der Waals surface area contributed by atoms with Crippen molar-refractivity contribution in [3.8, 4) is 5.75 Å². The molecule has 27 heavy (non-hydrogen) atoms. The number of hydrogen-bond acceptors (Lipinski definition) is 3. The number of guanidine groups is 1. The summed E-state index contributed by atoms with van der Waals surface area (Å²) in [5.74, 6) is 2.73. The molecule has 0 bridgehead atoms. The highest BCUT2D eigenvalue weighted by atomic mass is 16.5. The molecule has 1 aromatic carbocycles. The SMILES string of the molecule is CN=C(NCC1CCN(c2ccccc2OC)C1)N1CCC2(CCCC2)C1. The van der Waals surface area contributed by atoms with Crippen LogP contribution in [-0.2, 0) is 0 Å². The Kier molecular flexibility index (Phi) is 5.46. The molecule has 0 radical (unpaired) electrons. The summed E-state index contributed by atoms with van der Waals surface area (Å²) in [4.78, 5) is 9.54. The summed E-state index contributed by atoms with van der Waals surface area (Å²) in [5, 5.41) is 3.68. The summed E-state index contributed by atoms with van der Waals surface area (Å²) >= 11 is 0. The zero-order chi connectivity index (χ0) is 18.7. The first-order chi connectivity index (χ1) is 13.2. The molecular formula is C22H34N4O. The smallest absolute Gasteiger partial charge is 0.193 e. The van der Waals surface area contributed by atoms with E-state index >= 15 is 0 Å². The van der Waals surface area contributed by atoms with Gasteiger partial charge in [-0.25, -0.2) is 0 Å². The highest BCUT2D eigenvalue weighted by Crippen LogP contribution is 2.45. The molecule has 4 rings (SSSR count). The molecule has 1 aliphatic carbocycles. The van der Waals surface area contributed by atoms with Crippen molar-refractivity contribution in [3.05, 3.63) is 24.3 Å². The van der Waals surface area contributed by atoms with Crippen LogP contribution in [0.25, 0.3) is 0 Å². The van der Waals surface area contributed by atoms with E-state index in [1.165, 1.54) is 50.8 Å². The van der Waals surface area contributed by atoms with Gasteiger partial charge in [-0.2, -0.15) is 0 Å². The Bertz CT molecular complexity index is 668. The van der Waals surface area contributed by atoms with E-state index in [2.05, 4.69) is 38.3 Å². The van der Waals surface area contributed by atoms with E-state index in [0.29, 0.717) is 11.3 Å². The number of benzene rings is 1. The van der Waals surface area contributed by atoms with Gasteiger partial charge >= 0.3 is 0 Å². The van der Waals surface area contributed by atoms with Gasteiger partial charge in [0.1, 0.15) is 5.75 Å². The molecule has 3 aliphatic rings. The zero-order valence-electron chi connectivity index (χ0n) is 16.9. The van der Waals surface area contributed by atoms with Crippen molar-refractivity contribution in [2.45, 2.75) is 38.5 Å². The number of likely N-dealkylation sites (tertiary alicyclic amines) is 1. The Morgan fingerprint density at radius 1 is 1.22 bits per heavy atom. The molecule has 1 atom stereocenters. The molecule has 5 nitrogen and oxygen atoms in total. The maximum atomic E-state index is 5.54. The summed E-state index contributed by atoms with van der Waals surface area (Å²) in [6.07, 6.45) is 8.22.